The van der Waals surface area contributed by atoms with Gasteiger partial charge in [0.15, 0.2) is 0 Å². The summed E-state index contributed by atoms with van der Waals surface area (Å²) in [5.74, 6) is -0.0968. The minimum absolute atomic E-state index is 0.0968. The highest BCUT2D eigenvalue weighted by Crippen LogP contribution is 2.16. The molecule has 1 amide bonds. The molecule has 0 bridgehead atoms. The van der Waals surface area contributed by atoms with Gasteiger partial charge >= 0.3 is 0 Å². The van der Waals surface area contributed by atoms with Crippen molar-refractivity contribution in [3.63, 3.8) is 0 Å². The van der Waals surface area contributed by atoms with E-state index >= 15 is 0 Å². The van der Waals surface area contributed by atoms with Gasteiger partial charge in [0.1, 0.15) is 0 Å². The van der Waals surface area contributed by atoms with Gasteiger partial charge in [0.05, 0.1) is 0 Å². The molecule has 0 aliphatic rings. The van der Waals surface area contributed by atoms with Gasteiger partial charge in [0.2, 0.25) is 5.91 Å². The van der Waals surface area contributed by atoms with E-state index in [-0.39, 0.29) is 11.9 Å². The molecule has 114 valence electrons. The highest BCUT2D eigenvalue weighted by atomic mass is 35.5. The normalized spacial score (nSPS) is 12.3. The monoisotopic (exact) mass is 313 g/mol. The summed E-state index contributed by atoms with van der Waals surface area (Å²) in [4.78, 5) is 11.9. The van der Waals surface area contributed by atoms with Gasteiger partial charge in [-0.25, -0.2) is 0 Å². The zero-order valence-electron chi connectivity index (χ0n) is 12.6. The molecular weight excluding hydrogens is 294 g/mol. The van der Waals surface area contributed by atoms with Crippen LogP contribution in [-0.2, 0) is 11.2 Å². The molecule has 0 aliphatic carbocycles. The van der Waals surface area contributed by atoms with Gasteiger partial charge in [-0.3, -0.25) is 4.79 Å². The lowest BCUT2D eigenvalue weighted by Crippen LogP contribution is -2.31. The molecule has 0 saturated carbocycles. The summed E-state index contributed by atoms with van der Waals surface area (Å²) in [5, 5.41) is 3.61. The molecule has 2 aromatic rings. The van der Waals surface area contributed by atoms with Gasteiger partial charge in [0, 0.05) is 17.1 Å². The van der Waals surface area contributed by atoms with Gasteiger partial charge in [0.25, 0.3) is 0 Å². The van der Waals surface area contributed by atoms with Crippen LogP contribution in [0.25, 0.3) is 6.08 Å². The first-order chi connectivity index (χ1) is 10.6. The number of rotatable bonds is 6. The molecular formula is C19H20ClNO. The second-order valence-corrected chi connectivity index (χ2v) is 5.70. The van der Waals surface area contributed by atoms with Crippen LogP contribution in [-0.4, -0.2) is 11.9 Å². The second kappa shape index (κ2) is 8.40. The van der Waals surface area contributed by atoms with Crippen molar-refractivity contribution in [2.45, 2.75) is 25.8 Å². The van der Waals surface area contributed by atoms with Crippen molar-refractivity contribution < 1.29 is 4.79 Å². The minimum atomic E-state index is -0.0968. The van der Waals surface area contributed by atoms with E-state index in [1.807, 2.05) is 49.4 Å². The molecule has 2 aromatic carbocycles. The minimum Gasteiger partial charge on any atom is -0.350 e. The quantitative estimate of drug-likeness (QED) is 0.782. The van der Waals surface area contributed by atoms with Crippen molar-refractivity contribution in [1.29, 1.82) is 0 Å². The van der Waals surface area contributed by atoms with E-state index in [9.17, 15) is 4.79 Å². The first kappa shape index (κ1) is 16.3. The topological polar surface area (TPSA) is 29.1 Å². The molecule has 0 heterocycles. The Morgan fingerprint density at radius 1 is 1.14 bits per heavy atom. The summed E-state index contributed by atoms with van der Waals surface area (Å²) in [5.41, 5.74) is 2.13. The molecule has 0 aliphatic heterocycles. The van der Waals surface area contributed by atoms with Gasteiger partial charge < -0.3 is 5.32 Å². The molecule has 0 radical (unpaired) electrons. The van der Waals surface area contributed by atoms with E-state index in [0.717, 1.165) is 18.4 Å². The number of benzene rings is 2. The van der Waals surface area contributed by atoms with Crippen molar-refractivity contribution >= 4 is 23.6 Å². The summed E-state index contributed by atoms with van der Waals surface area (Å²) < 4.78 is 0. The van der Waals surface area contributed by atoms with Gasteiger partial charge in [-0.15, -0.1) is 0 Å². The molecule has 2 nitrogen and oxygen atoms in total. The number of nitrogens with one attached hydrogen (secondary N) is 1. The number of hydrogen-bond acceptors (Lipinski definition) is 1. The second-order valence-electron chi connectivity index (χ2n) is 5.29. The molecule has 1 atom stereocenters. The highest BCUT2D eigenvalue weighted by molar-refractivity contribution is 6.32. The summed E-state index contributed by atoms with van der Waals surface area (Å²) in [7, 11) is 0. The number of carbonyl (C=O) groups is 1. The van der Waals surface area contributed by atoms with E-state index in [2.05, 4.69) is 17.4 Å². The van der Waals surface area contributed by atoms with E-state index in [0.29, 0.717) is 5.02 Å². The molecule has 0 unspecified atom stereocenters. The SMILES string of the molecule is C[C@@H](CCc1ccccc1)NC(=O)/C=C/c1ccccc1Cl. The maximum atomic E-state index is 11.9. The third-order valence-corrected chi connectivity index (χ3v) is 3.76. The van der Waals surface area contributed by atoms with E-state index in [1.165, 1.54) is 11.6 Å². The fraction of sp³-hybridized carbons (Fsp3) is 0.211. The maximum absolute atomic E-state index is 11.9. The zero-order chi connectivity index (χ0) is 15.8. The predicted molar refractivity (Wildman–Crippen MR) is 92.9 cm³/mol. The van der Waals surface area contributed by atoms with Crippen molar-refractivity contribution in [2.75, 3.05) is 0 Å². The summed E-state index contributed by atoms with van der Waals surface area (Å²) in [6.45, 7) is 2.02. The molecule has 22 heavy (non-hydrogen) atoms. The third-order valence-electron chi connectivity index (χ3n) is 3.42. The number of carbonyl (C=O) groups excluding carboxylic acids is 1. The molecule has 0 fully saturated rings. The Hall–Kier alpha value is -2.06. The first-order valence-corrected chi connectivity index (χ1v) is 7.80. The molecule has 2 rings (SSSR count). The van der Waals surface area contributed by atoms with Gasteiger partial charge in [-0.05, 0) is 43.0 Å². The lowest BCUT2D eigenvalue weighted by atomic mass is 10.1. The Balaban J connectivity index is 1.80. The van der Waals surface area contributed by atoms with E-state index in [1.54, 1.807) is 6.08 Å². The van der Waals surface area contributed by atoms with Crippen LogP contribution in [0, 0.1) is 0 Å². The molecule has 0 aromatic heterocycles. The van der Waals surface area contributed by atoms with Crippen molar-refractivity contribution in [1.82, 2.24) is 5.32 Å². The largest absolute Gasteiger partial charge is 0.350 e. The van der Waals surface area contributed by atoms with Gasteiger partial charge in [-0.2, -0.15) is 0 Å². The fourth-order valence-corrected chi connectivity index (χ4v) is 2.37. The molecule has 0 saturated heterocycles. The summed E-state index contributed by atoms with van der Waals surface area (Å²) in [6.07, 6.45) is 5.13. The average Bonchev–Trinajstić information content (AvgIpc) is 2.53. The number of hydrogen-bond donors (Lipinski definition) is 1. The maximum Gasteiger partial charge on any atom is 0.244 e. The molecule has 1 N–H and O–H groups in total. The lowest BCUT2D eigenvalue weighted by molar-refractivity contribution is -0.117. The van der Waals surface area contributed by atoms with Crippen molar-refractivity contribution in [3.05, 3.63) is 76.8 Å². The Morgan fingerprint density at radius 3 is 2.55 bits per heavy atom. The number of aryl methyl sites for hydroxylation is 1. The van der Waals surface area contributed by atoms with E-state index < -0.39 is 0 Å². The first-order valence-electron chi connectivity index (χ1n) is 7.42. The highest BCUT2D eigenvalue weighted by Gasteiger charge is 2.05. The number of halogens is 1. The third kappa shape index (κ3) is 5.38. The molecule has 0 spiro atoms. The van der Waals surface area contributed by atoms with Crippen LogP contribution in [0.3, 0.4) is 0 Å². The lowest BCUT2D eigenvalue weighted by Gasteiger charge is -2.12. The van der Waals surface area contributed by atoms with Crippen LogP contribution in [0.4, 0.5) is 0 Å². The number of amides is 1. The van der Waals surface area contributed by atoms with Crippen LogP contribution in [0.5, 0.6) is 0 Å². The average molecular weight is 314 g/mol. The standard InChI is InChI=1S/C19H20ClNO/c1-15(11-12-16-7-3-2-4-8-16)21-19(22)14-13-17-9-5-6-10-18(17)20/h2-10,13-15H,11-12H2,1H3,(H,21,22)/b14-13+/t15-/m0/s1. The van der Waals surface area contributed by atoms with Crippen molar-refractivity contribution in [2.24, 2.45) is 0 Å². The predicted octanol–water partition coefficient (Wildman–Crippen LogP) is 4.49. The van der Waals surface area contributed by atoms with Crippen LogP contribution in [0.1, 0.15) is 24.5 Å². The van der Waals surface area contributed by atoms with Gasteiger partial charge in [-0.1, -0.05) is 60.1 Å². The summed E-state index contributed by atoms with van der Waals surface area (Å²) in [6, 6.07) is 17.9. The summed E-state index contributed by atoms with van der Waals surface area (Å²) >= 11 is 6.05. The van der Waals surface area contributed by atoms with Crippen LogP contribution in [0.2, 0.25) is 5.02 Å². The molecule has 3 heteroatoms. The Kier molecular flexibility index (Phi) is 6.23. The smallest absolute Gasteiger partial charge is 0.244 e. The van der Waals surface area contributed by atoms with Crippen molar-refractivity contribution in [3.8, 4) is 0 Å². The van der Waals surface area contributed by atoms with Crippen LogP contribution >= 0.6 is 11.6 Å². The Labute approximate surface area is 136 Å². The van der Waals surface area contributed by atoms with E-state index in [4.69, 9.17) is 11.6 Å². The van der Waals surface area contributed by atoms with Crippen LogP contribution in [0.15, 0.2) is 60.7 Å². The zero-order valence-corrected chi connectivity index (χ0v) is 13.4. The Morgan fingerprint density at radius 2 is 1.82 bits per heavy atom. The van der Waals surface area contributed by atoms with Crippen LogP contribution < -0.4 is 5.32 Å². The Bertz CT molecular complexity index is 637. The fourth-order valence-electron chi connectivity index (χ4n) is 2.17.